The molecule has 1 aromatic carbocycles. The molecule has 0 amide bonds. The summed E-state index contributed by atoms with van der Waals surface area (Å²) in [6.07, 6.45) is 0.246. The van der Waals surface area contributed by atoms with E-state index in [4.69, 9.17) is 0 Å². The standard InChI is InChI=1S/C16H20F2N4O/c1-10-7-16(23,12-5-3-11(4-6-12)15(17)18)8-13(19-10)14-9-22(2)21-20-14/h3-6,9-10,13,15,19,23H,7-8H2,1-2H3/t10-,13-,16?/m0/s1. The molecular weight excluding hydrogens is 302 g/mol. The van der Waals surface area contributed by atoms with Crippen LogP contribution in [0.2, 0.25) is 0 Å². The number of alkyl halides is 2. The van der Waals surface area contributed by atoms with Crippen molar-refractivity contribution in [1.29, 1.82) is 0 Å². The van der Waals surface area contributed by atoms with E-state index in [-0.39, 0.29) is 17.6 Å². The smallest absolute Gasteiger partial charge is 0.263 e. The van der Waals surface area contributed by atoms with E-state index in [1.165, 1.54) is 12.1 Å². The number of piperidine rings is 1. The van der Waals surface area contributed by atoms with Gasteiger partial charge in [-0.2, -0.15) is 0 Å². The van der Waals surface area contributed by atoms with Crippen molar-refractivity contribution in [3.8, 4) is 0 Å². The van der Waals surface area contributed by atoms with Gasteiger partial charge in [-0.1, -0.05) is 29.5 Å². The van der Waals surface area contributed by atoms with Crippen molar-refractivity contribution in [1.82, 2.24) is 20.3 Å². The molecule has 2 heterocycles. The average Bonchev–Trinajstić information content (AvgIpc) is 2.93. The molecule has 1 aliphatic heterocycles. The molecule has 0 spiro atoms. The number of rotatable bonds is 3. The number of nitrogens with one attached hydrogen (secondary N) is 1. The summed E-state index contributed by atoms with van der Waals surface area (Å²) in [5.41, 5.74) is 0.309. The van der Waals surface area contributed by atoms with Crippen LogP contribution in [0.5, 0.6) is 0 Å². The number of benzene rings is 1. The van der Waals surface area contributed by atoms with Crippen LogP contribution in [0.25, 0.3) is 0 Å². The van der Waals surface area contributed by atoms with Crippen LogP contribution in [0.4, 0.5) is 8.78 Å². The van der Waals surface area contributed by atoms with Crippen LogP contribution in [0, 0.1) is 0 Å². The summed E-state index contributed by atoms with van der Waals surface area (Å²) in [6, 6.07) is 5.87. The fraction of sp³-hybridized carbons (Fsp3) is 0.500. The molecule has 2 N–H and O–H groups in total. The second kappa shape index (κ2) is 5.98. The fourth-order valence-corrected chi connectivity index (χ4v) is 3.28. The van der Waals surface area contributed by atoms with Crippen LogP contribution < -0.4 is 5.32 Å². The molecule has 1 saturated heterocycles. The lowest BCUT2D eigenvalue weighted by Crippen LogP contribution is -2.47. The zero-order valence-corrected chi connectivity index (χ0v) is 13.1. The Bertz CT molecular complexity index is 673. The largest absolute Gasteiger partial charge is 0.385 e. The molecule has 1 aliphatic rings. The van der Waals surface area contributed by atoms with Crippen LogP contribution in [-0.4, -0.2) is 26.1 Å². The first-order chi connectivity index (χ1) is 10.9. The maximum atomic E-state index is 12.7. The highest BCUT2D eigenvalue weighted by Gasteiger charge is 2.40. The monoisotopic (exact) mass is 322 g/mol. The predicted molar refractivity (Wildman–Crippen MR) is 80.9 cm³/mol. The van der Waals surface area contributed by atoms with Gasteiger partial charge in [-0.15, -0.1) is 5.10 Å². The molecule has 1 unspecified atom stereocenters. The summed E-state index contributed by atoms with van der Waals surface area (Å²) in [6.45, 7) is 1.99. The maximum Gasteiger partial charge on any atom is 0.263 e. The van der Waals surface area contributed by atoms with E-state index in [0.29, 0.717) is 18.4 Å². The van der Waals surface area contributed by atoms with Gasteiger partial charge in [-0.25, -0.2) is 8.78 Å². The first kappa shape index (κ1) is 16.0. The van der Waals surface area contributed by atoms with Crippen molar-refractivity contribution >= 4 is 0 Å². The Kier molecular flexibility index (Phi) is 4.16. The highest BCUT2D eigenvalue weighted by Crippen LogP contribution is 2.39. The van der Waals surface area contributed by atoms with Gasteiger partial charge in [-0.05, 0) is 18.9 Å². The van der Waals surface area contributed by atoms with E-state index in [1.54, 1.807) is 23.9 Å². The molecule has 3 rings (SSSR count). The Hall–Kier alpha value is -1.86. The van der Waals surface area contributed by atoms with Gasteiger partial charge in [0.1, 0.15) is 0 Å². The molecule has 1 fully saturated rings. The molecule has 0 radical (unpaired) electrons. The Morgan fingerprint density at radius 3 is 2.57 bits per heavy atom. The van der Waals surface area contributed by atoms with Crippen molar-refractivity contribution in [2.75, 3.05) is 0 Å². The Labute approximate surface area is 133 Å². The summed E-state index contributed by atoms with van der Waals surface area (Å²) in [4.78, 5) is 0. The molecule has 0 bridgehead atoms. The van der Waals surface area contributed by atoms with Crippen LogP contribution in [0.1, 0.15) is 49.1 Å². The third-order valence-corrected chi connectivity index (χ3v) is 4.35. The first-order valence-electron chi connectivity index (χ1n) is 7.60. The summed E-state index contributed by atoms with van der Waals surface area (Å²) in [5, 5.41) is 22.5. The molecule has 124 valence electrons. The Morgan fingerprint density at radius 2 is 2.00 bits per heavy atom. The zero-order chi connectivity index (χ0) is 16.6. The lowest BCUT2D eigenvalue weighted by atomic mass is 9.78. The highest BCUT2D eigenvalue weighted by molar-refractivity contribution is 5.29. The third-order valence-electron chi connectivity index (χ3n) is 4.35. The van der Waals surface area contributed by atoms with Crippen molar-refractivity contribution in [2.24, 2.45) is 7.05 Å². The van der Waals surface area contributed by atoms with Crippen LogP contribution in [-0.2, 0) is 12.6 Å². The van der Waals surface area contributed by atoms with Gasteiger partial charge < -0.3 is 10.4 Å². The van der Waals surface area contributed by atoms with Crippen molar-refractivity contribution in [3.05, 3.63) is 47.3 Å². The van der Waals surface area contributed by atoms with E-state index >= 15 is 0 Å². The molecule has 1 aromatic heterocycles. The van der Waals surface area contributed by atoms with Crippen molar-refractivity contribution in [2.45, 2.75) is 43.9 Å². The highest BCUT2D eigenvalue weighted by atomic mass is 19.3. The normalized spacial score (nSPS) is 28.3. The molecule has 3 atom stereocenters. The van der Waals surface area contributed by atoms with Gasteiger partial charge in [0.2, 0.25) is 0 Å². The van der Waals surface area contributed by atoms with Crippen LogP contribution >= 0.6 is 0 Å². The minimum Gasteiger partial charge on any atom is -0.385 e. The number of aryl methyl sites for hydroxylation is 1. The van der Waals surface area contributed by atoms with Crippen LogP contribution in [0.15, 0.2) is 30.5 Å². The molecule has 5 nitrogen and oxygen atoms in total. The van der Waals surface area contributed by atoms with Crippen molar-refractivity contribution < 1.29 is 13.9 Å². The molecule has 23 heavy (non-hydrogen) atoms. The van der Waals surface area contributed by atoms with Crippen molar-refractivity contribution in [3.63, 3.8) is 0 Å². The lowest BCUT2D eigenvalue weighted by molar-refractivity contribution is -0.0236. The second-order valence-corrected chi connectivity index (χ2v) is 6.30. The molecule has 7 heteroatoms. The number of aromatic nitrogens is 3. The summed E-state index contributed by atoms with van der Waals surface area (Å²) < 4.78 is 27.0. The number of hydrogen-bond acceptors (Lipinski definition) is 4. The average molecular weight is 322 g/mol. The van der Waals surface area contributed by atoms with Gasteiger partial charge in [0.25, 0.3) is 6.43 Å². The Morgan fingerprint density at radius 1 is 1.30 bits per heavy atom. The van der Waals surface area contributed by atoms with E-state index in [0.717, 1.165) is 5.69 Å². The lowest BCUT2D eigenvalue weighted by Gasteiger charge is -2.40. The van der Waals surface area contributed by atoms with Gasteiger partial charge in [-0.3, -0.25) is 4.68 Å². The summed E-state index contributed by atoms with van der Waals surface area (Å²) in [5.74, 6) is 0. The Balaban J connectivity index is 1.87. The number of halogens is 2. The van der Waals surface area contributed by atoms with E-state index < -0.39 is 12.0 Å². The molecule has 0 aliphatic carbocycles. The van der Waals surface area contributed by atoms with Crippen LogP contribution in [0.3, 0.4) is 0 Å². The summed E-state index contributed by atoms with van der Waals surface area (Å²) >= 11 is 0. The fourth-order valence-electron chi connectivity index (χ4n) is 3.28. The van der Waals surface area contributed by atoms with Gasteiger partial charge in [0.15, 0.2) is 0 Å². The third kappa shape index (κ3) is 3.25. The van der Waals surface area contributed by atoms with Gasteiger partial charge >= 0.3 is 0 Å². The van der Waals surface area contributed by atoms with E-state index in [1.807, 2.05) is 13.1 Å². The minimum atomic E-state index is -2.50. The quantitative estimate of drug-likeness (QED) is 0.911. The molecule has 0 saturated carbocycles. The number of hydrogen-bond donors (Lipinski definition) is 2. The SMILES string of the molecule is C[C@H]1CC(O)(c2ccc(C(F)F)cc2)C[C@@H](c2cn(C)nn2)N1. The van der Waals surface area contributed by atoms with Gasteiger partial charge in [0, 0.05) is 31.3 Å². The molecule has 2 aromatic rings. The second-order valence-electron chi connectivity index (χ2n) is 6.30. The van der Waals surface area contributed by atoms with Gasteiger partial charge in [0.05, 0.1) is 17.3 Å². The minimum absolute atomic E-state index is 0.0372. The van der Waals surface area contributed by atoms with E-state index in [2.05, 4.69) is 15.6 Å². The summed E-state index contributed by atoms with van der Waals surface area (Å²) in [7, 11) is 1.79. The number of aliphatic hydroxyl groups is 1. The maximum absolute atomic E-state index is 12.7. The first-order valence-corrected chi connectivity index (χ1v) is 7.60. The number of nitrogens with zero attached hydrogens (tertiary/aromatic N) is 3. The topological polar surface area (TPSA) is 63.0 Å². The zero-order valence-electron chi connectivity index (χ0n) is 13.1. The predicted octanol–water partition coefficient (Wildman–Crippen LogP) is 2.45. The molecular formula is C16H20F2N4O. The van der Waals surface area contributed by atoms with E-state index in [9.17, 15) is 13.9 Å².